The number of carbonyl (C=O) groups excluding carboxylic acids is 2. The van der Waals surface area contributed by atoms with Crippen molar-refractivity contribution in [3.8, 4) is 0 Å². The zero-order chi connectivity index (χ0) is 20.1. The van der Waals surface area contributed by atoms with Gasteiger partial charge < -0.3 is 14.4 Å². The topological polar surface area (TPSA) is 58.4 Å². The zero-order valence-corrected chi connectivity index (χ0v) is 17.1. The number of aromatic nitrogens is 2. The monoisotopic (exact) mass is 382 g/mol. The Morgan fingerprint density at radius 3 is 2.79 bits per heavy atom. The summed E-state index contributed by atoms with van der Waals surface area (Å²) >= 11 is 0. The number of nitrogens with zero attached hydrogens (tertiary/aromatic N) is 4. The van der Waals surface area contributed by atoms with Crippen LogP contribution in [-0.2, 0) is 16.1 Å². The molecule has 1 aromatic carbocycles. The third-order valence-corrected chi connectivity index (χ3v) is 5.46. The van der Waals surface area contributed by atoms with Gasteiger partial charge in [0, 0.05) is 37.6 Å². The first kappa shape index (κ1) is 20.1. The van der Waals surface area contributed by atoms with Crippen LogP contribution in [0.3, 0.4) is 0 Å². The fourth-order valence-electron chi connectivity index (χ4n) is 3.79. The van der Waals surface area contributed by atoms with E-state index in [1.165, 1.54) is 0 Å². The smallest absolute Gasteiger partial charge is 0.246 e. The van der Waals surface area contributed by atoms with Crippen LogP contribution in [0.25, 0.3) is 0 Å². The molecule has 1 fully saturated rings. The van der Waals surface area contributed by atoms with E-state index in [0.29, 0.717) is 19.5 Å². The normalized spacial score (nSPS) is 17.2. The summed E-state index contributed by atoms with van der Waals surface area (Å²) in [6.45, 7) is 7.43. The van der Waals surface area contributed by atoms with E-state index in [9.17, 15) is 9.59 Å². The molecule has 0 unspecified atom stereocenters. The molecule has 1 saturated heterocycles. The molecule has 28 heavy (non-hydrogen) atoms. The summed E-state index contributed by atoms with van der Waals surface area (Å²) in [5.74, 6) is 0.938. The quantitative estimate of drug-likeness (QED) is 0.738. The Morgan fingerprint density at radius 2 is 2.11 bits per heavy atom. The van der Waals surface area contributed by atoms with E-state index in [4.69, 9.17) is 0 Å². The second kappa shape index (κ2) is 9.04. The Morgan fingerprint density at radius 1 is 1.29 bits per heavy atom. The van der Waals surface area contributed by atoms with Crippen LogP contribution < -0.4 is 4.90 Å². The third kappa shape index (κ3) is 4.61. The number of benzene rings is 1. The minimum Gasteiger partial charge on any atom is -0.335 e. The Labute approximate surface area is 167 Å². The maximum atomic E-state index is 12.9. The molecule has 3 rings (SSSR count). The number of anilines is 1. The van der Waals surface area contributed by atoms with Crippen LogP contribution in [0.4, 0.5) is 5.69 Å². The minimum atomic E-state index is -0.00879. The van der Waals surface area contributed by atoms with E-state index < -0.39 is 0 Å². The molecule has 1 aliphatic heterocycles. The highest BCUT2D eigenvalue weighted by Gasteiger charge is 2.35. The van der Waals surface area contributed by atoms with E-state index >= 15 is 0 Å². The molecule has 1 aromatic heterocycles. The van der Waals surface area contributed by atoms with Crippen LogP contribution in [0.2, 0.25) is 0 Å². The number of rotatable bonds is 7. The molecule has 6 heteroatoms. The van der Waals surface area contributed by atoms with Crippen molar-refractivity contribution in [3.63, 3.8) is 0 Å². The molecule has 2 amide bonds. The molecule has 2 aromatic rings. The van der Waals surface area contributed by atoms with Gasteiger partial charge in [0.05, 0.1) is 6.04 Å². The van der Waals surface area contributed by atoms with E-state index in [0.717, 1.165) is 36.3 Å². The van der Waals surface area contributed by atoms with Crippen LogP contribution in [0, 0.1) is 13.8 Å². The number of carbonyl (C=O) groups is 2. The lowest BCUT2D eigenvalue weighted by atomic mass is 10.0. The zero-order valence-electron chi connectivity index (χ0n) is 17.1. The maximum Gasteiger partial charge on any atom is 0.246 e. The summed E-state index contributed by atoms with van der Waals surface area (Å²) in [4.78, 5) is 33.6. The number of unbranched alkanes of at least 4 members (excludes halogenated alkanes) is 1. The third-order valence-electron chi connectivity index (χ3n) is 5.46. The van der Waals surface area contributed by atoms with Crippen LogP contribution in [0.5, 0.6) is 0 Å². The van der Waals surface area contributed by atoms with E-state index in [-0.39, 0.29) is 24.4 Å². The molecule has 1 aliphatic rings. The largest absolute Gasteiger partial charge is 0.335 e. The molecule has 0 aliphatic carbocycles. The molecule has 0 radical (unpaired) electrons. The standard InChI is InChI=1S/C22H30N4O2/c1-4-5-8-20-15-25(19-9-6-7-17(2)14-19)22(28)16-26(20)21(27)10-12-24-13-11-23-18(24)3/h6-7,9,11,13-14,20H,4-5,8,10,12,15-16H2,1-3H3/t20-/m1/s1. The fraction of sp³-hybridized carbons (Fsp3) is 0.500. The van der Waals surface area contributed by atoms with Gasteiger partial charge in [-0.15, -0.1) is 0 Å². The number of hydrogen-bond donors (Lipinski definition) is 0. The average molecular weight is 383 g/mol. The number of imidazole rings is 1. The Balaban J connectivity index is 1.72. The number of aryl methyl sites for hydroxylation is 3. The van der Waals surface area contributed by atoms with Crippen LogP contribution in [0.15, 0.2) is 36.7 Å². The van der Waals surface area contributed by atoms with Gasteiger partial charge in [0.2, 0.25) is 11.8 Å². The molecule has 0 bridgehead atoms. The predicted octanol–water partition coefficient (Wildman–Crippen LogP) is 3.32. The van der Waals surface area contributed by atoms with Crippen LogP contribution in [0.1, 0.15) is 44.0 Å². The number of amides is 2. The number of piperazine rings is 1. The summed E-state index contributed by atoms with van der Waals surface area (Å²) in [7, 11) is 0. The second-order valence-electron chi connectivity index (χ2n) is 7.58. The maximum absolute atomic E-state index is 12.9. The van der Waals surface area contributed by atoms with Crippen molar-refractivity contribution in [1.82, 2.24) is 14.5 Å². The molecule has 0 spiro atoms. The lowest BCUT2D eigenvalue weighted by Gasteiger charge is -2.41. The van der Waals surface area contributed by atoms with Gasteiger partial charge in [-0.05, 0) is 38.0 Å². The van der Waals surface area contributed by atoms with Gasteiger partial charge in [0.1, 0.15) is 12.4 Å². The first-order chi connectivity index (χ1) is 13.5. The summed E-state index contributed by atoms with van der Waals surface area (Å²) in [5, 5.41) is 0. The van der Waals surface area contributed by atoms with Crippen molar-refractivity contribution in [3.05, 3.63) is 48.0 Å². The molecule has 0 saturated carbocycles. The molecule has 1 atom stereocenters. The van der Waals surface area contributed by atoms with Gasteiger partial charge in [0.25, 0.3) is 0 Å². The highest BCUT2D eigenvalue weighted by atomic mass is 16.2. The first-order valence-electron chi connectivity index (χ1n) is 10.1. The summed E-state index contributed by atoms with van der Waals surface area (Å²) < 4.78 is 1.98. The SMILES string of the molecule is CCCC[C@@H]1CN(c2cccc(C)c2)C(=O)CN1C(=O)CCn1ccnc1C. The lowest BCUT2D eigenvalue weighted by molar-refractivity contribution is -0.140. The second-order valence-corrected chi connectivity index (χ2v) is 7.58. The van der Waals surface area contributed by atoms with E-state index in [2.05, 4.69) is 11.9 Å². The average Bonchev–Trinajstić information content (AvgIpc) is 3.09. The van der Waals surface area contributed by atoms with Crippen LogP contribution in [-0.4, -0.2) is 45.4 Å². The molecular formula is C22H30N4O2. The van der Waals surface area contributed by atoms with Crippen molar-refractivity contribution in [1.29, 1.82) is 0 Å². The van der Waals surface area contributed by atoms with Crippen molar-refractivity contribution >= 4 is 17.5 Å². The van der Waals surface area contributed by atoms with Crippen molar-refractivity contribution < 1.29 is 9.59 Å². The van der Waals surface area contributed by atoms with Crippen molar-refractivity contribution in [2.45, 2.75) is 59.0 Å². The predicted molar refractivity (Wildman–Crippen MR) is 110 cm³/mol. The highest BCUT2D eigenvalue weighted by Crippen LogP contribution is 2.24. The fourth-order valence-corrected chi connectivity index (χ4v) is 3.79. The summed E-state index contributed by atoms with van der Waals surface area (Å²) in [5.41, 5.74) is 2.05. The summed E-state index contributed by atoms with van der Waals surface area (Å²) in [6.07, 6.45) is 7.06. The highest BCUT2D eigenvalue weighted by molar-refractivity contribution is 5.98. The Bertz CT molecular complexity index is 829. The Hall–Kier alpha value is -2.63. The van der Waals surface area contributed by atoms with Gasteiger partial charge in [-0.2, -0.15) is 0 Å². The van der Waals surface area contributed by atoms with Crippen LogP contribution >= 0.6 is 0 Å². The van der Waals surface area contributed by atoms with Crippen molar-refractivity contribution in [2.24, 2.45) is 0 Å². The molecular weight excluding hydrogens is 352 g/mol. The van der Waals surface area contributed by atoms with Gasteiger partial charge in [0.15, 0.2) is 0 Å². The van der Waals surface area contributed by atoms with E-state index in [1.807, 2.05) is 53.8 Å². The van der Waals surface area contributed by atoms with Gasteiger partial charge in [-0.25, -0.2) is 4.98 Å². The van der Waals surface area contributed by atoms with Gasteiger partial charge >= 0.3 is 0 Å². The Kier molecular flexibility index (Phi) is 6.49. The number of hydrogen-bond acceptors (Lipinski definition) is 3. The lowest BCUT2D eigenvalue weighted by Crippen LogP contribution is -2.58. The van der Waals surface area contributed by atoms with Gasteiger partial charge in [-0.3, -0.25) is 9.59 Å². The summed E-state index contributed by atoms with van der Waals surface area (Å²) in [6, 6.07) is 8.08. The van der Waals surface area contributed by atoms with E-state index in [1.54, 1.807) is 11.1 Å². The molecule has 2 heterocycles. The molecule has 150 valence electrons. The molecule has 6 nitrogen and oxygen atoms in total. The van der Waals surface area contributed by atoms with Gasteiger partial charge in [-0.1, -0.05) is 31.9 Å². The molecule has 0 N–H and O–H groups in total. The van der Waals surface area contributed by atoms with Crippen molar-refractivity contribution in [2.75, 3.05) is 18.0 Å². The first-order valence-corrected chi connectivity index (χ1v) is 10.1. The minimum absolute atomic E-state index is 0.00879.